The lowest BCUT2D eigenvalue weighted by atomic mass is 9.96. The quantitative estimate of drug-likeness (QED) is 0.845. The highest BCUT2D eigenvalue weighted by molar-refractivity contribution is 5.78. The summed E-state index contributed by atoms with van der Waals surface area (Å²) in [6.07, 6.45) is 7.76. The first-order chi connectivity index (χ1) is 8.75. The molecule has 0 aliphatic heterocycles. The largest absolute Gasteiger partial charge is 0.480 e. The Morgan fingerprint density at radius 1 is 1.33 bits per heavy atom. The lowest BCUT2D eigenvalue weighted by Crippen LogP contribution is -2.32. The van der Waals surface area contributed by atoms with Crippen molar-refractivity contribution in [3.63, 3.8) is 0 Å². The van der Waals surface area contributed by atoms with Crippen molar-refractivity contribution in [1.29, 1.82) is 0 Å². The van der Waals surface area contributed by atoms with E-state index in [4.69, 9.17) is 0 Å². The van der Waals surface area contributed by atoms with E-state index in [-0.39, 0.29) is 5.92 Å². The maximum atomic E-state index is 11.2. The van der Waals surface area contributed by atoms with Crippen LogP contribution in [0.15, 0.2) is 6.33 Å². The topological polar surface area (TPSA) is 75.1 Å². The highest BCUT2D eigenvalue weighted by atomic mass is 16.4. The molecule has 1 fully saturated rings. The molecule has 1 heterocycles. The molecule has 3 rings (SSSR count). The smallest absolute Gasteiger partial charge is 0.326 e. The molecule has 0 aromatic carbocycles. The maximum absolute atomic E-state index is 11.2. The van der Waals surface area contributed by atoms with Crippen LogP contribution in [-0.2, 0) is 17.6 Å². The third-order valence-electron chi connectivity index (χ3n) is 3.78. The highest BCUT2D eigenvalue weighted by Crippen LogP contribution is 2.35. The van der Waals surface area contributed by atoms with Gasteiger partial charge in [0.15, 0.2) is 0 Å². The van der Waals surface area contributed by atoms with Gasteiger partial charge in [-0.05, 0) is 44.4 Å². The molecule has 0 spiro atoms. The summed E-state index contributed by atoms with van der Waals surface area (Å²) in [5, 5.41) is 12.4. The zero-order valence-electron chi connectivity index (χ0n) is 10.2. The van der Waals surface area contributed by atoms with E-state index in [1.165, 1.54) is 6.33 Å². The molecule has 1 aromatic rings. The fourth-order valence-electron chi connectivity index (χ4n) is 2.60. The Hall–Kier alpha value is -1.65. The van der Waals surface area contributed by atoms with Gasteiger partial charge in [0.2, 0.25) is 0 Å². The molecule has 5 nitrogen and oxygen atoms in total. The SMILES string of the molecule is O=C(O)C(Nc1ncnc2c1CCCC2)C1CC1. The van der Waals surface area contributed by atoms with Gasteiger partial charge >= 0.3 is 5.97 Å². The van der Waals surface area contributed by atoms with Crippen LogP contribution in [-0.4, -0.2) is 27.1 Å². The Morgan fingerprint density at radius 3 is 2.83 bits per heavy atom. The zero-order chi connectivity index (χ0) is 12.5. The van der Waals surface area contributed by atoms with Gasteiger partial charge in [0, 0.05) is 11.3 Å². The summed E-state index contributed by atoms with van der Waals surface area (Å²) in [7, 11) is 0. The molecule has 0 amide bonds. The van der Waals surface area contributed by atoms with Gasteiger partial charge in [0.1, 0.15) is 18.2 Å². The molecule has 18 heavy (non-hydrogen) atoms. The molecule has 2 aliphatic carbocycles. The van der Waals surface area contributed by atoms with Crippen LogP contribution < -0.4 is 5.32 Å². The van der Waals surface area contributed by atoms with Gasteiger partial charge in [-0.25, -0.2) is 14.8 Å². The van der Waals surface area contributed by atoms with Crippen molar-refractivity contribution in [2.75, 3.05) is 5.32 Å². The molecular formula is C13H17N3O2. The summed E-state index contributed by atoms with van der Waals surface area (Å²) in [5.74, 6) is 0.219. The van der Waals surface area contributed by atoms with Crippen molar-refractivity contribution in [1.82, 2.24) is 9.97 Å². The molecule has 1 atom stereocenters. The number of rotatable bonds is 4. The first kappa shape index (κ1) is 11.4. The Kier molecular flexibility index (Phi) is 2.89. The van der Waals surface area contributed by atoms with Crippen LogP contribution in [0.3, 0.4) is 0 Å². The predicted octanol–water partition coefficient (Wildman–Crippen LogP) is 1.63. The average molecular weight is 247 g/mol. The molecule has 1 unspecified atom stereocenters. The summed E-state index contributed by atoms with van der Waals surface area (Å²) < 4.78 is 0. The normalized spacial score (nSPS) is 20.0. The highest BCUT2D eigenvalue weighted by Gasteiger charge is 2.37. The number of nitrogens with zero attached hydrogens (tertiary/aromatic N) is 2. The molecule has 2 aliphatic rings. The summed E-state index contributed by atoms with van der Waals surface area (Å²) in [6.45, 7) is 0. The number of nitrogens with one attached hydrogen (secondary N) is 1. The van der Waals surface area contributed by atoms with Crippen molar-refractivity contribution in [3.8, 4) is 0 Å². The van der Waals surface area contributed by atoms with E-state index in [0.29, 0.717) is 0 Å². The van der Waals surface area contributed by atoms with Crippen LogP contribution in [0.4, 0.5) is 5.82 Å². The molecule has 96 valence electrons. The summed E-state index contributed by atoms with van der Waals surface area (Å²) >= 11 is 0. The van der Waals surface area contributed by atoms with Crippen LogP contribution in [0.1, 0.15) is 36.9 Å². The molecule has 0 bridgehead atoms. The minimum absolute atomic E-state index is 0.261. The maximum Gasteiger partial charge on any atom is 0.326 e. The summed E-state index contributed by atoms with van der Waals surface area (Å²) in [4.78, 5) is 19.8. The number of aryl methyl sites for hydroxylation is 1. The van der Waals surface area contributed by atoms with Crippen LogP contribution in [0.25, 0.3) is 0 Å². The Morgan fingerprint density at radius 2 is 2.11 bits per heavy atom. The molecule has 1 saturated carbocycles. The van der Waals surface area contributed by atoms with Gasteiger partial charge in [-0.15, -0.1) is 0 Å². The number of aliphatic carboxylic acids is 1. The molecular weight excluding hydrogens is 230 g/mol. The monoisotopic (exact) mass is 247 g/mol. The van der Waals surface area contributed by atoms with Crippen molar-refractivity contribution in [3.05, 3.63) is 17.6 Å². The molecule has 0 saturated heterocycles. The number of anilines is 1. The Labute approximate surface area is 106 Å². The van der Waals surface area contributed by atoms with Crippen LogP contribution >= 0.6 is 0 Å². The van der Waals surface area contributed by atoms with Gasteiger partial charge in [-0.1, -0.05) is 0 Å². The molecule has 5 heteroatoms. The number of hydrogen-bond acceptors (Lipinski definition) is 4. The third kappa shape index (κ3) is 2.17. The average Bonchev–Trinajstić information content (AvgIpc) is 3.20. The number of carbonyl (C=O) groups is 1. The second kappa shape index (κ2) is 4.55. The number of hydrogen-bond donors (Lipinski definition) is 2. The van der Waals surface area contributed by atoms with E-state index in [1.807, 2.05) is 0 Å². The van der Waals surface area contributed by atoms with Gasteiger partial charge in [-0.2, -0.15) is 0 Å². The minimum atomic E-state index is -0.777. The second-order valence-electron chi connectivity index (χ2n) is 5.15. The van der Waals surface area contributed by atoms with Crippen LogP contribution in [0, 0.1) is 5.92 Å². The summed E-state index contributed by atoms with van der Waals surface area (Å²) in [5.41, 5.74) is 2.20. The number of carboxylic acids is 1. The standard InChI is InChI=1S/C13H17N3O2/c17-13(18)11(8-5-6-8)16-12-9-3-1-2-4-10(9)14-7-15-12/h7-8,11H,1-6H2,(H,17,18)(H,14,15,16). The van der Waals surface area contributed by atoms with E-state index in [0.717, 1.165) is 55.6 Å². The fraction of sp³-hybridized carbons (Fsp3) is 0.615. The summed E-state index contributed by atoms with van der Waals surface area (Å²) in [6, 6.07) is -0.495. The Bertz CT molecular complexity index is 471. The first-order valence-corrected chi connectivity index (χ1v) is 6.58. The molecule has 2 N–H and O–H groups in total. The van der Waals surface area contributed by atoms with Gasteiger partial charge < -0.3 is 10.4 Å². The molecule has 0 radical (unpaired) electrons. The van der Waals surface area contributed by atoms with Crippen molar-refractivity contribution >= 4 is 11.8 Å². The van der Waals surface area contributed by atoms with Crippen molar-refractivity contribution in [2.45, 2.75) is 44.6 Å². The van der Waals surface area contributed by atoms with E-state index in [2.05, 4.69) is 15.3 Å². The van der Waals surface area contributed by atoms with Crippen molar-refractivity contribution in [2.24, 2.45) is 5.92 Å². The van der Waals surface area contributed by atoms with Crippen molar-refractivity contribution < 1.29 is 9.90 Å². The zero-order valence-corrected chi connectivity index (χ0v) is 10.2. The third-order valence-corrected chi connectivity index (χ3v) is 3.78. The van der Waals surface area contributed by atoms with E-state index in [9.17, 15) is 9.90 Å². The van der Waals surface area contributed by atoms with Gasteiger partial charge in [0.05, 0.1) is 0 Å². The number of aromatic nitrogens is 2. The molecule has 1 aromatic heterocycles. The minimum Gasteiger partial charge on any atom is -0.480 e. The van der Waals surface area contributed by atoms with Crippen LogP contribution in [0.5, 0.6) is 0 Å². The van der Waals surface area contributed by atoms with Crippen LogP contribution in [0.2, 0.25) is 0 Å². The number of fused-ring (bicyclic) bond motifs is 1. The lowest BCUT2D eigenvalue weighted by Gasteiger charge is -2.21. The van der Waals surface area contributed by atoms with E-state index < -0.39 is 12.0 Å². The fourth-order valence-corrected chi connectivity index (χ4v) is 2.60. The van der Waals surface area contributed by atoms with Gasteiger partial charge in [0.25, 0.3) is 0 Å². The predicted molar refractivity (Wildman–Crippen MR) is 66.4 cm³/mol. The first-order valence-electron chi connectivity index (χ1n) is 6.58. The van der Waals surface area contributed by atoms with E-state index in [1.54, 1.807) is 0 Å². The lowest BCUT2D eigenvalue weighted by molar-refractivity contribution is -0.138. The Balaban J connectivity index is 1.85. The van der Waals surface area contributed by atoms with Gasteiger partial charge in [-0.3, -0.25) is 0 Å². The second-order valence-corrected chi connectivity index (χ2v) is 5.15. The number of carboxylic acid groups (broad SMARTS) is 1. The van der Waals surface area contributed by atoms with E-state index >= 15 is 0 Å².